The number of nitrogens with zero attached hydrogens (tertiary/aromatic N) is 3. The van der Waals surface area contributed by atoms with E-state index in [0.29, 0.717) is 18.7 Å². The lowest BCUT2D eigenvalue weighted by atomic mass is 10.1. The maximum absolute atomic E-state index is 13.3. The number of methoxy groups -OCH3 is 1. The van der Waals surface area contributed by atoms with Crippen LogP contribution < -0.4 is 4.90 Å². The minimum Gasteiger partial charge on any atom is -0.375 e. The first-order valence-corrected chi connectivity index (χ1v) is 9.04. The number of urea groups is 1. The van der Waals surface area contributed by atoms with Crippen molar-refractivity contribution in [3.63, 3.8) is 0 Å². The Morgan fingerprint density at radius 3 is 2.74 bits per heavy atom. The highest BCUT2D eigenvalue weighted by Gasteiger charge is 2.62. The minimum absolute atomic E-state index is 0.00882. The number of carbonyl (C=O) groups excluding carboxylic acids is 3. The van der Waals surface area contributed by atoms with Crippen LogP contribution in [-0.4, -0.2) is 66.0 Å². The molecular weight excluding hydrogens is 346 g/mol. The van der Waals surface area contributed by atoms with Crippen molar-refractivity contribution in [2.75, 3.05) is 25.2 Å². The van der Waals surface area contributed by atoms with Crippen molar-refractivity contribution >= 4 is 34.3 Å². The second-order valence-electron chi connectivity index (χ2n) is 7.24. The standard InChI is InChI=1S/C20H19N3O4/c1-27-11-17(24)21-10-13-9-16(21)18-19(25)23(20(26)22(13)18)15-8-4-6-12-5-2-3-7-14(12)15/h2-8,13,16,18H,9-11H2,1H3/t13?,16?,18-/m0/s1. The van der Waals surface area contributed by atoms with E-state index in [1.807, 2.05) is 36.4 Å². The molecule has 3 saturated heterocycles. The lowest BCUT2D eigenvalue weighted by Gasteiger charge is -2.34. The predicted octanol–water partition coefficient (Wildman–Crippen LogP) is 1.61. The molecule has 2 aromatic carbocycles. The highest BCUT2D eigenvalue weighted by molar-refractivity contribution is 6.25. The average molecular weight is 365 g/mol. The van der Waals surface area contributed by atoms with E-state index < -0.39 is 6.04 Å². The third-order valence-corrected chi connectivity index (χ3v) is 5.86. The van der Waals surface area contributed by atoms with Crippen LogP contribution in [-0.2, 0) is 14.3 Å². The summed E-state index contributed by atoms with van der Waals surface area (Å²) in [6.07, 6.45) is 0.654. The van der Waals surface area contributed by atoms with Gasteiger partial charge in [0, 0.05) is 19.0 Å². The van der Waals surface area contributed by atoms with E-state index in [2.05, 4.69) is 0 Å². The first-order chi connectivity index (χ1) is 13.1. The Bertz CT molecular complexity index is 969. The van der Waals surface area contributed by atoms with E-state index in [-0.39, 0.29) is 36.5 Å². The van der Waals surface area contributed by atoms with Crippen molar-refractivity contribution in [1.82, 2.24) is 9.80 Å². The summed E-state index contributed by atoms with van der Waals surface area (Å²) in [6.45, 7) is 0.455. The molecule has 2 bridgehead atoms. The SMILES string of the molecule is COCC(=O)N1CC2CC1[C@H]1C(=O)N(c3cccc4ccccc34)C(=O)N21. The molecular formula is C20H19N3O4. The number of imide groups is 1. The van der Waals surface area contributed by atoms with E-state index in [1.54, 1.807) is 15.9 Å². The number of ether oxygens (including phenoxy) is 1. The fraction of sp³-hybridized carbons (Fsp3) is 0.350. The molecule has 27 heavy (non-hydrogen) atoms. The number of hydrogen-bond donors (Lipinski definition) is 0. The number of fused-ring (bicyclic) bond motifs is 6. The van der Waals surface area contributed by atoms with Crippen LogP contribution in [0.4, 0.5) is 10.5 Å². The van der Waals surface area contributed by atoms with Crippen LogP contribution in [0.25, 0.3) is 10.8 Å². The lowest BCUT2D eigenvalue weighted by molar-refractivity contribution is -0.139. The number of likely N-dealkylation sites (tertiary alicyclic amines) is 1. The van der Waals surface area contributed by atoms with Gasteiger partial charge in [-0.2, -0.15) is 0 Å². The van der Waals surface area contributed by atoms with Gasteiger partial charge in [0.2, 0.25) is 5.91 Å². The van der Waals surface area contributed by atoms with E-state index in [9.17, 15) is 14.4 Å². The summed E-state index contributed by atoms with van der Waals surface area (Å²) >= 11 is 0. The number of piperazine rings is 1. The highest BCUT2D eigenvalue weighted by atomic mass is 16.5. The third-order valence-electron chi connectivity index (χ3n) is 5.86. The summed E-state index contributed by atoms with van der Waals surface area (Å²) < 4.78 is 4.95. The van der Waals surface area contributed by atoms with Gasteiger partial charge in [0.1, 0.15) is 12.6 Å². The van der Waals surface area contributed by atoms with Gasteiger partial charge in [0.05, 0.1) is 17.8 Å². The van der Waals surface area contributed by atoms with Gasteiger partial charge in [-0.15, -0.1) is 0 Å². The van der Waals surface area contributed by atoms with Gasteiger partial charge in [-0.3, -0.25) is 9.59 Å². The van der Waals surface area contributed by atoms with Crippen molar-refractivity contribution in [2.45, 2.75) is 24.5 Å². The van der Waals surface area contributed by atoms with Gasteiger partial charge in [-0.1, -0.05) is 36.4 Å². The third kappa shape index (κ3) is 2.15. The zero-order chi connectivity index (χ0) is 18.7. The van der Waals surface area contributed by atoms with E-state index in [1.165, 1.54) is 12.0 Å². The molecule has 0 N–H and O–H groups in total. The van der Waals surface area contributed by atoms with Gasteiger partial charge in [0.15, 0.2) is 0 Å². The molecule has 0 saturated carbocycles. The first kappa shape index (κ1) is 16.3. The highest BCUT2D eigenvalue weighted by Crippen LogP contribution is 2.43. The van der Waals surface area contributed by atoms with Crippen LogP contribution in [0, 0.1) is 0 Å². The van der Waals surface area contributed by atoms with Crippen molar-refractivity contribution in [1.29, 1.82) is 0 Å². The number of rotatable bonds is 3. The molecule has 3 heterocycles. The quantitative estimate of drug-likeness (QED) is 0.775. The molecule has 0 spiro atoms. The monoisotopic (exact) mass is 365 g/mol. The van der Waals surface area contributed by atoms with Gasteiger partial charge in [0.25, 0.3) is 5.91 Å². The summed E-state index contributed by atoms with van der Waals surface area (Å²) in [6, 6.07) is 12.0. The molecule has 7 nitrogen and oxygen atoms in total. The van der Waals surface area contributed by atoms with E-state index in [4.69, 9.17) is 4.74 Å². The molecule has 3 fully saturated rings. The molecule has 3 atom stereocenters. The van der Waals surface area contributed by atoms with Crippen LogP contribution in [0.3, 0.4) is 0 Å². The molecule has 2 aromatic rings. The van der Waals surface area contributed by atoms with Crippen LogP contribution in [0.1, 0.15) is 6.42 Å². The summed E-state index contributed by atoms with van der Waals surface area (Å²) in [5.41, 5.74) is 0.603. The van der Waals surface area contributed by atoms with Crippen molar-refractivity contribution in [3.05, 3.63) is 42.5 Å². The molecule has 0 aromatic heterocycles. The van der Waals surface area contributed by atoms with E-state index >= 15 is 0 Å². The number of benzene rings is 2. The fourth-order valence-electron chi connectivity index (χ4n) is 4.78. The topological polar surface area (TPSA) is 70.2 Å². The number of amides is 4. The molecule has 3 aliphatic rings. The fourth-order valence-corrected chi connectivity index (χ4v) is 4.78. The normalized spacial score (nSPS) is 26.4. The van der Waals surface area contributed by atoms with Crippen LogP contribution in [0.15, 0.2) is 42.5 Å². The Kier molecular flexibility index (Phi) is 3.48. The van der Waals surface area contributed by atoms with Gasteiger partial charge < -0.3 is 14.5 Å². The summed E-state index contributed by atoms with van der Waals surface area (Å²) in [4.78, 5) is 43.4. The minimum atomic E-state index is -0.601. The first-order valence-electron chi connectivity index (χ1n) is 9.04. The second kappa shape index (κ2) is 5.79. The number of hydrogen-bond acceptors (Lipinski definition) is 4. The Labute approximate surface area is 156 Å². The molecule has 4 amide bonds. The molecule has 138 valence electrons. The number of anilines is 1. The van der Waals surface area contributed by atoms with Gasteiger partial charge in [-0.05, 0) is 17.9 Å². The molecule has 0 aliphatic carbocycles. The van der Waals surface area contributed by atoms with Gasteiger partial charge in [-0.25, -0.2) is 9.69 Å². The summed E-state index contributed by atoms with van der Waals surface area (Å²) in [5, 5.41) is 1.84. The second-order valence-corrected chi connectivity index (χ2v) is 7.24. The molecule has 0 radical (unpaired) electrons. The Morgan fingerprint density at radius 2 is 1.93 bits per heavy atom. The zero-order valence-corrected chi connectivity index (χ0v) is 14.9. The predicted molar refractivity (Wildman–Crippen MR) is 98.2 cm³/mol. The zero-order valence-electron chi connectivity index (χ0n) is 14.9. The van der Waals surface area contributed by atoms with Crippen molar-refractivity contribution in [2.24, 2.45) is 0 Å². The summed E-state index contributed by atoms with van der Waals surface area (Å²) in [5.74, 6) is -0.382. The van der Waals surface area contributed by atoms with Crippen molar-refractivity contribution < 1.29 is 19.1 Å². The van der Waals surface area contributed by atoms with Crippen LogP contribution in [0.2, 0.25) is 0 Å². The number of carbonyl (C=O) groups is 3. The molecule has 3 aliphatic heterocycles. The molecule has 7 heteroatoms. The largest absolute Gasteiger partial charge is 0.375 e. The Balaban J connectivity index is 1.53. The van der Waals surface area contributed by atoms with Crippen LogP contribution >= 0.6 is 0 Å². The Hall–Kier alpha value is -2.93. The summed E-state index contributed by atoms with van der Waals surface area (Å²) in [7, 11) is 1.48. The van der Waals surface area contributed by atoms with Crippen molar-refractivity contribution in [3.8, 4) is 0 Å². The maximum Gasteiger partial charge on any atom is 0.332 e. The Morgan fingerprint density at radius 1 is 1.15 bits per heavy atom. The lowest BCUT2D eigenvalue weighted by Crippen LogP contribution is -2.55. The molecule has 2 unspecified atom stereocenters. The molecule has 5 rings (SSSR count). The van der Waals surface area contributed by atoms with E-state index in [0.717, 1.165) is 10.8 Å². The van der Waals surface area contributed by atoms with Gasteiger partial charge >= 0.3 is 6.03 Å². The smallest absolute Gasteiger partial charge is 0.332 e. The van der Waals surface area contributed by atoms with Crippen LogP contribution in [0.5, 0.6) is 0 Å². The average Bonchev–Trinajstić information content (AvgIpc) is 3.33. The maximum atomic E-state index is 13.3.